The second-order valence-corrected chi connectivity index (χ2v) is 14.4. The van der Waals surface area contributed by atoms with Crippen molar-refractivity contribution < 1.29 is 0 Å². The fourth-order valence-corrected chi connectivity index (χ4v) is 8.27. The molecule has 4 nitrogen and oxygen atoms in total. The predicted octanol–water partition coefficient (Wildman–Crippen LogP) is 13.5. The smallest absolute Gasteiger partial charge is 0.160 e. The molecule has 0 N–H and O–H groups in total. The number of aromatic nitrogens is 4. The Morgan fingerprint density at radius 3 is 1.51 bits per heavy atom. The molecule has 0 fully saturated rings. The first kappa shape index (κ1) is 32.7. The molecule has 0 aliphatic carbocycles. The van der Waals surface area contributed by atoms with Gasteiger partial charge in [0, 0.05) is 33.4 Å². The van der Waals surface area contributed by atoms with Gasteiger partial charge in [-0.05, 0) is 69.8 Å². The van der Waals surface area contributed by atoms with Crippen LogP contribution in [0.25, 0.3) is 107 Å². The van der Waals surface area contributed by atoms with Crippen LogP contribution in [0.3, 0.4) is 0 Å². The van der Waals surface area contributed by atoms with Gasteiger partial charge in [0.1, 0.15) is 5.82 Å². The van der Waals surface area contributed by atoms with Crippen LogP contribution in [-0.2, 0) is 0 Å². The van der Waals surface area contributed by atoms with Crippen molar-refractivity contribution in [1.82, 2.24) is 19.5 Å². The Hall–Kier alpha value is -7.69. The molecule has 2 aromatic heterocycles. The van der Waals surface area contributed by atoms with Crippen LogP contribution in [0, 0.1) is 0 Å². The van der Waals surface area contributed by atoms with Crippen molar-refractivity contribution in [2.24, 2.45) is 0 Å². The zero-order valence-electron chi connectivity index (χ0n) is 30.9. The number of rotatable bonds is 6. The normalized spacial score (nSPS) is 11.5. The van der Waals surface area contributed by atoms with Gasteiger partial charge in [-0.3, -0.25) is 4.57 Å². The summed E-state index contributed by atoms with van der Waals surface area (Å²) in [5.74, 6) is 1.59. The average molecular weight is 727 g/mol. The molecule has 0 unspecified atom stereocenters. The standard InChI is InChI=1S/C53H34N4/c1-3-15-35(16-4-1)37-19-11-22-40(31-37)49-34-48(36-17-5-2-6-18-36)54-52(55-49)41-23-12-20-38(32-41)39-21-13-24-42(33-39)53-56-47-29-14-28-46-44-26-8-7-25-43(44)45-27-9-10-30-50(45)57(53)51(46)47/h1-34H. The quantitative estimate of drug-likeness (QED) is 0.171. The molecule has 1 aliphatic heterocycles. The number of fused-ring (bicyclic) bond motifs is 5. The van der Waals surface area contributed by atoms with Gasteiger partial charge in [0.2, 0.25) is 0 Å². The molecular weight excluding hydrogens is 693 g/mol. The lowest BCUT2D eigenvalue weighted by Gasteiger charge is -2.14. The van der Waals surface area contributed by atoms with E-state index in [-0.39, 0.29) is 0 Å². The van der Waals surface area contributed by atoms with E-state index in [2.05, 4.69) is 199 Å². The third-order valence-corrected chi connectivity index (χ3v) is 11.0. The highest BCUT2D eigenvalue weighted by Gasteiger charge is 2.25. The molecule has 0 spiro atoms. The second kappa shape index (κ2) is 13.6. The number of para-hydroxylation sites is 2. The molecule has 3 heterocycles. The maximum atomic E-state index is 5.31. The van der Waals surface area contributed by atoms with E-state index in [0.717, 1.165) is 72.9 Å². The van der Waals surface area contributed by atoms with Crippen molar-refractivity contribution >= 4 is 11.0 Å². The monoisotopic (exact) mass is 726 g/mol. The fraction of sp³-hybridized carbons (Fsp3) is 0. The molecule has 0 atom stereocenters. The van der Waals surface area contributed by atoms with E-state index in [0.29, 0.717) is 5.82 Å². The minimum atomic E-state index is 0.679. The molecule has 266 valence electrons. The molecule has 57 heavy (non-hydrogen) atoms. The summed E-state index contributed by atoms with van der Waals surface area (Å²) in [6.45, 7) is 0. The van der Waals surface area contributed by atoms with Crippen molar-refractivity contribution in [2.75, 3.05) is 0 Å². The maximum Gasteiger partial charge on any atom is 0.160 e. The number of hydrogen-bond donors (Lipinski definition) is 0. The number of nitrogens with zero attached hydrogens (tertiary/aromatic N) is 4. The molecule has 1 aliphatic rings. The van der Waals surface area contributed by atoms with E-state index in [4.69, 9.17) is 15.0 Å². The molecule has 0 amide bonds. The molecule has 10 aromatic rings. The van der Waals surface area contributed by atoms with E-state index in [9.17, 15) is 0 Å². The van der Waals surface area contributed by atoms with Gasteiger partial charge in [-0.1, -0.05) is 170 Å². The highest BCUT2D eigenvalue weighted by molar-refractivity contribution is 6.03. The summed E-state index contributed by atoms with van der Waals surface area (Å²) in [5.41, 5.74) is 18.4. The minimum Gasteiger partial charge on any atom is -0.291 e. The second-order valence-electron chi connectivity index (χ2n) is 14.4. The minimum absolute atomic E-state index is 0.679. The predicted molar refractivity (Wildman–Crippen MR) is 234 cm³/mol. The lowest BCUT2D eigenvalue weighted by molar-refractivity contribution is 1.11. The van der Waals surface area contributed by atoms with Gasteiger partial charge in [-0.2, -0.15) is 0 Å². The largest absolute Gasteiger partial charge is 0.291 e. The molecule has 8 aromatic carbocycles. The Kier molecular flexibility index (Phi) is 7.78. The number of hydrogen-bond acceptors (Lipinski definition) is 3. The van der Waals surface area contributed by atoms with Crippen molar-refractivity contribution in [1.29, 1.82) is 0 Å². The fourth-order valence-electron chi connectivity index (χ4n) is 8.27. The summed E-state index contributed by atoms with van der Waals surface area (Å²) in [4.78, 5) is 15.7. The van der Waals surface area contributed by atoms with Crippen LogP contribution in [0.1, 0.15) is 0 Å². The third-order valence-electron chi connectivity index (χ3n) is 11.0. The van der Waals surface area contributed by atoms with Gasteiger partial charge < -0.3 is 0 Å². The summed E-state index contributed by atoms with van der Waals surface area (Å²) in [6.07, 6.45) is 0. The van der Waals surface area contributed by atoms with Gasteiger partial charge in [-0.15, -0.1) is 0 Å². The van der Waals surface area contributed by atoms with Crippen LogP contribution in [0.5, 0.6) is 0 Å². The lowest BCUT2D eigenvalue weighted by Crippen LogP contribution is -1.99. The summed E-state index contributed by atoms with van der Waals surface area (Å²) in [5, 5.41) is 0. The van der Waals surface area contributed by atoms with Gasteiger partial charge in [0.25, 0.3) is 0 Å². The number of benzene rings is 8. The SMILES string of the molecule is c1ccc(-c2cccc(-c3cc(-c4ccccc4)nc(-c4cccc(-c5cccc(-c6nc7cccc8c7n6-c6ccccc6-c6ccccc6-8)c5)c4)n3)c2)cc1. The Bertz CT molecular complexity index is 3130. The van der Waals surface area contributed by atoms with Gasteiger partial charge in [0.05, 0.1) is 28.1 Å². The summed E-state index contributed by atoms with van der Waals surface area (Å²) in [6, 6.07) is 72.6. The molecular formula is C53H34N4. The Morgan fingerprint density at radius 2 is 0.772 bits per heavy atom. The first-order valence-electron chi connectivity index (χ1n) is 19.3. The summed E-state index contributed by atoms with van der Waals surface area (Å²) >= 11 is 0. The Morgan fingerprint density at radius 1 is 0.298 bits per heavy atom. The summed E-state index contributed by atoms with van der Waals surface area (Å²) in [7, 11) is 0. The first-order valence-corrected chi connectivity index (χ1v) is 19.3. The van der Waals surface area contributed by atoms with Crippen molar-refractivity contribution in [3.8, 4) is 95.5 Å². The first-order chi connectivity index (χ1) is 28.2. The zero-order valence-corrected chi connectivity index (χ0v) is 30.9. The van der Waals surface area contributed by atoms with Gasteiger partial charge in [0.15, 0.2) is 5.82 Å². The van der Waals surface area contributed by atoms with Crippen LogP contribution in [0.2, 0.25) is 0 Å². The topological polar surface area (TPSA) is 43.6 Å². The van der Waals surface area contributed by atoms with E-state index in [1.165, 1.54) is 27.8 Å². The highest BCUT2D eigenvalue weighted by Crippen LogP contribution is 2.45. The van der Waals surface area contributed by atoms with Crippen LogP contribution in [0.4, 0.5) is 0 Å². The van der Waals surface area contributed by atoms with Crippen LogP contribution in [-0.4, -0.2) is 19.5 Å². The van der Waals surface area contributed by atoms with Crippen molar-refractivity contribution in [2.45, 2.75) is 0 Å². The molecule has 4 heteroatoms. The Balaban J connectivity index is 1.03. The van der Waals surface area contributed by atoms with Gasteiger partial charge >= 0.3 is 0 Å². The molecule has 0 radical (unpaired) electrons. The maximum absolute atomic E-state index is 5.31. The third kappa shape index (κ3) is 5.74. The molecule has 11 rings (SSSR count). The zero-order chi connectivity index (χ0) is 37.7. The molecule has 0 saturated heterocycles. The van der Waals surface area contributed by atoms with Crippen molar-refractivity contribution in [3.05, 3.63) is 206 Å². The van der Waals surface area contributed by atoms with Crippen LogP contribution >= 0.6 is 0 Å². The lowest BCUT2D eigenvalue weighted by atomic mass is 9.94. The van der Waals surface area contributed by atoms with E-state index in [1.54, 1.807) is 0 Å². The van der Waals surface area contributed by atoms with E-state index in [1.807, 2.05) is 12.1 Å². The van der Waals surface area contributed by atoms with E-state index >= 15 is 0 Å². The molecule has 0 saturated carbocycles. The number of imidazole rings is 1. The summed E-state index contributed by atoms with van der Waals surface area (Å²) < 4.78 is 2.35. The van der Waals surface area contributed by atoms with Crippen LogP contribution < -0.4 is 0 Å². The van der Waals surface area contributed by atoms with Crippen LogP contribution in [0.15, 0.2) is 206 Å². The van der Waals surface area contributed by atoms with E-state index < -0.39 is 0 Å². The average Bonchev–Trinajstić information content (AvgIpc) is 3.64. The van der Waals surface area contributed by atoms with Gasteiger partial charge in [-0.25, -0.2) is 15.0 Å². The van der Waals surface area contributed by atoms with Crippen molar-refractivity contribution in [3.63, 3.8) is 0 Å². The Labute approximate surface area is 331 Å². The molecule has 0 bridgehead atoms. The highest BCUT2D eigenvalue weighted by atomic mass is 15.1.